The highest BCUT2D eigenvalue weighted by molar-refractivity contribution is 7.99. The van der Waals surface area contributed by atoms with Gasteiger partial charge < -0.3 is 14.4 Å². The van der Waals surface area contributed by atoms with Crippen molar-refractivity contribution in [2.75, 3.05) is 32.6 Å². The molecule has 0 aliphatic carbocycles. The van der Waals surface area contributed by atoms with Crippen LogP contribution in [0.2, 0.25) is 0 Å². The van der Waals surface area contributed by atoms with Gasteiger partial charge in [0.2, 0.25) is 5.91 Å². The van der Waals surface area contributed by atoms with Crippen molar-refractivity contribution < 1.29 is 14.3 Å². The number of methoxy groups -OCH3 is 1. The number of morpholine rings is 1. The Morgan fingerprint density at radius 1 is 1.44 bits per heavy atom. The van der Waals surface area contributed by atoms with Gasteiger partial charge >= 0.3 is 0 Å². The Morgan fingerprint density at radius 3 is 3.08 bits per heavy atom. The van der Waals surface area contributed by atoms with Crippen LogP contribution in [0.3, 0.4) is 0 Å². The zero-order valence-corrected chi connectivity index (χ0v) is 15.2. The fourth-order valence-corrected chi connectivity index (χ4v) is 3.55. The third-order valence-corrected chi connectivity index (χ3v) is 5.06. The summed E-state index contributed by atoms with van der Waals surface area (Å²) < 4.78 is 12.9. The summed E-state index contributed by atoms with van der Waals surface area (Å²) in [5.41, 5.74) is 0.849. The number of nitrogens with zero attached hydrogens (tertiary/aromatic N) is 4. The number of ether oxygens (including phenoxy) is 2. The Balaban J connectivity index is 1.67. The quantitative estimate of drug-likeness (QED) is 0.732. The number of aromatic nitrogens is 3. The summed E-state index contributed by atoms with van der Waals surface area (Å²) in [6, 6.07) is 7.65. The second-order valence-electron chi connectivity index (χ2n) is 5.68. The molecule has 2 aromatic rings. The molecule has 2 heterocycles. The molecule has 1 aliphatic heterocycles. The highest BCUT2D eigenvalue weighted by atomic mass is 32.2. The second-order valence-corrected chi connectivity index (χ2v) is 6.63. The molecule has 0 spiro atoms. The Kier molecular flexibility index (Phi) is 5.93. The second kappa shape index (κ2) is 8.35. The molecule has 1 atom stereocenters. The Bertz CT molecular complexity index is 721. The molecule has 0 saturated carbocycles. The van der Waals surface area contributed by atoms with Crippen LogP contribution in [0.15, 0.2) is 35.7 Å². The Morgan fingerprint density at radius 2 is 2.28 bits per heavy atom. The standard InChI is InChI=1S/C17H22N4O3S/c1-3-13-10-20(8-9-24-13)16(22)11-25-17-19-18-12-21(17)14-6-4-5-7-15(14)23-2/h4-7,12-13H,3,8-11H2,1-2H3/t13-/m0/s1. The van der Waals surface area contributed by atoms with Crippen LogP contribution < -0.4 is 4.74 Å². The van der Waals surface area contributed by atoms with Crippen LogP contribution in [0.4, 0.5) is 0 Å². The number of carbonyl (C=O) groups is 1. The van der Waals surface area contributed by atoms with Crippen LogP contribution in [0.25, 0.3) is 5.69 Å². The fraction of sp³-hybridized carbons (Fsp3) is 0.471. The van der Waals surface area contributed by atoms with E-state index in [1.807, 2.05) is 33.7 Å². The molecule has 0 N–H and O–H groups in total. The number of carbonyl (C=O) groups excluding carboxylic acids is 1. The van der Waals surface area contributed by atoms with Crippen LogP contribution in [0.1, 0.15) is 13.3 Å². The van der Waals surface area contributed by atoms with E-state index in [4.69, 9.17) is 9.47 Å². The molecule has 7 nitrogen and oxygen atoms in total. The third kappa shape index (κ3) is 4.13. The van der Waals surface area contributed by atoms with Gasteiger partial charge in [-0.2, -0.15) is 0 Å². The first-order valence-electron chi connectivity index (χ1n) is 8.28. The van der Waals surface area contributed by atoms with E-state index in [1.54, 1.807) is 13.4 Å². The maximum atomic E-state index is 12.5. The van der Waals surface area contributed by atoms with Crippen molar-refractivity contribution >= 4 is 17.7 Å². The minimum absolute atomic E-state index is 0.0985. The van der Waals surface area contributed by atoms with Crippen LogP contribution in [-0.2, 0) is 9.53 Å². The molecule has 1 fully saturated rings. The topological polar surface area (TPSA) is 69.5 Å². The summed E-state index contributed by atoms with van der Waals surface area (Å²) in [7, 11) is 1.63. The number of benzene rings is 1. The van der Waals surface area contributed by atoms with Crippen molar-refractivity contribution in [2.24, 2.45) is 0 Å². The molecule has 25 heavy (non-hydrogen) atoms. The largest absolute Gasteiger partial charge is 0.495 e. The van der Waals surface area contributed by atoms with Gasteiger partial charge in [-0.15, -0.1) is 10.2 Å². The molecule has 3 rings (SSSR count). The normalized spacial score (nSPS) is 17.5. The van der Waals surface area contributed by atoms with E-state index in [2.05, 4.69) is 17.1 Å². The summed E-state index contributed by atoms with van der Waals surface area (Å²) in [5.74, 6) is 1.15. The van der Waals surface area contributed by atoms with Gasteiger partial charge in [0.25, 0.3) is 0 Å². The van der Waals surface area contributed by atoms with Crippen molar-refractivity contribution in [1.29, 1.82) is 0 Å². The lowest BCUT2D eigenvalue weighted by Crippen LogP contribution is -2.46. The Hall–Kier alpha value is -2.06. The third-order valence-electron chi connectivity index (χ3n) is 4.13. The van der Waals surface area contributed by atoms with Crippen LogP contribution in [0, 0.1) is 0 Å². The van der Waals surface area contributed by atoms with Gasteiger partial charge in [-0.25, -0.2) is 0 Å². The number of thioether (sulfide) groups is 1. The first kappa shape index (κ1) is 17.8. The molecular weight excluding hydrogens is 340 g/mol. The molecule has 1 saturated heterocycles. The summed E-state index contributed by atoms with van der Waals surface area (Å²) in [5, 5.41) is 8.79. The molecule has 1 aromatic carbocycles. The van der Waals surface area contributed by atoms with Crippen molar-refractivity contribution in [3.8, 4) is 11.4 Å². The number of hydrogen-bond acceptors (Lipinski definition) is 6. The van der Waals surface area contributed by atoms with Crippen molar-refractivity contribution in [2.45, 2.75) is 24.6 Å². The highest BCUT2D eigenvalue weighted by Gasteiger charge is 2.23. The lowest BCUT2D eigenvalue weighted by Gasteiger charge is -2.32. The highest BCUT2D eigenvalue weighted by Crippen LogP contribution is 2.26. The van der Waals surface area contributed by atoms with E-state index in [1.165, 1.54) is 11.8 Å². The predicted octanol–water partition coefficient (Wildman–Crippen LogP) is 2.01. The smallest absolute Gasteiger partial charge is 0.233 e. The van der Waals surface area contributed by atoms with E-state index >= 15 is 0 Å². The van der Waals surface area contributed by atoms with Crippen LogP contribution in [0.5, 0.6) is 5.75 Å². The van der Waals surface area contributed by atoms with Crippen LogP contribution in [-0.4, -0.2) is 64.2 Å². The monoisotopic (exact) mass is 362 g/mol. The van der Waals surface area contributed by atoms with Gasteiger partial charge in [-0.3, -0.25) is 9.36 Å². The van der Waals surface area contributed by atoms with Crippen molar-refractivity contribution in [3.05, 3.63) is 30.6 Å². The molecule has 0 bridgehead atoms. The van der Waals surface area contributed by atoms with Gasteiger partial charge in [-0.1, -0.05) is 30.8 Å². The first-order valence-corrected chi connectivity index (χ1v) is 9.27. The maximum Gasteiger partial charge on any atom is 0.233 e. The van der Waals surface area contributed by atoms with E-state index in [0.717, 1.165) is 17.9 Å². The molecule has 1 aliphatic rings. The van der Waals surface area contributed by atoms with E-state index < -0.39 is 0 Å². The molecule has 0 unspecified atom stereocenters. The maximum absolute atomic E-state index is 12.5. The minimum Gasteiger partial charge on any atom is -0.495 e. The molecule has 8 heteroatoms. The lowest BCUT2D eigenvalue weighted by molar-refractivity contribution is -0.135. The van der Waals surface area contributed by atoms with Gasteiger partial charge in [0, 0.05) is 13.1 Å². The molecule has 1 amide bonds. The van der Waals surface area contributed by atoms with Crippen molar-refractivity contribution in [1.82, 2.24) is 19.7 Å². The van der Waals surface area contributed by atoms with Crippen molar-refractivity contribution in [3.63, 3.8) is 0 Å². The molecule has 0 radical (unpaired) electrons. The van der Waals surface area contributed by atoms with Gasteiger partial charge in [0.15, 0.2) is 5.16 Å². The summed E-state index contributed by atoms with van der Waals surface area (Å²) in [6.07, 6.45) is 2.69. The van der Waals surface area contributed by atoms with Gasteiger partial charge in [0.05, 0.1) is 31.3 Å². The lowest BCUT2D eigenvalue weighted by atomic mass is 10.2. The number of hydrogen-bond donors (Lipinski definition) is 0. The molecule has 134 valence electrons. The average Bonchev–Trinajstić information content (AvgIpc) is 3.14. The number of para-hydroxylation sites is 2. The molecule has 1 aromatic heterocycles. The zero-order valence-electron chi connectivity index (χ0n) is 14.4. The summed E-state index contributed by atoms with van der Waals surface area (Å²) >= 11 is 1.38. The minimum atomic E-state index is 0.0985. The van der Waals surface area contributed by atoms with Gasteiger partial charge in [-0.05, 0) is 18.6 Å². The summed E-state index contributed by atoms with van der Waals surface area (Å²) in [6.45, 7) is 3.99. The van der Waals surface area contributed by atoms with E-state index in [0.29, 0.717) is 30.6 Å². The van der Waals surface area contributed by atoms with Crippen LogP contribution >= 0.6 is 11.8 Å². The number of amides is 1. The zero-order chi connectivity index (χ0) is 17.6. The first-order chi connectivity index (χ1) is 12.2. The SMILES string of the molecule is CC[C@H]1CN(C(=O)CSc2nncn2-c2ccccc2OC)CCO1. The predicted molar refractivity (Wildman–Crippen MR) is 95.2 cm³/mol. The average molecular weight is 362 g/mol. The molecular formula is C17H22N4O3S. The number of rotatable bonds is 6. The summed E-state index contributed by atoms with van der Waals surface area (Å²) in [4.78, 5) is 14.4. The fourth-order valence-electron chi connectivity index (χ4n) is 2.73. The van der Waals surface area contributed by atoms with Gasteiger partial charge in [0.1, 0.15) is 12.1 Å². The van der Waals surface area contributed by atoms with E-state index in [9.17, 15) is 4.79 Å². The van der Waals surface area contributed by atoms with E-state index in [-0.39, 0.29) is 12.0 Å². The Labute approximate surface area is 151 Å².